The Hall–Kier alpha value is -1.97. The van der Waals surface area contributed by atoms with Gasteiger partial charge in [0.1, 0.15) is 11.9 Å². The van der Waals surface area contributed by atoms with Gasteiger partial charge in [-0.05, 0) is 44.0 Å². The summed E-state index contributed by atoms with van der Waals surface area (Å²) < 4.78 is 5.53. The second kappa shape index (κ2) is 4.72. The molecule has 1 atom stereocenters. The first-order valence-electron chi connectivity index (χ1n) is 6.32. The smallest absolute Gasteiger partial charge is 0.115 e. The standard InChI is InChI=1S/C14H17N3O/c1-10-16-13-6-5-11(8-14(13)17-10)15-9-12-4-2-3-7-18-12/h3,5-8,12,15H,2,4,9H2,1H3,(H,16,17). The zero-order valence-electron chi connectivity index (χ0n) is 10.4. The Morgan fingerprint density at radius 3 is 3.28 bits per heavy atom. The Bertz CT molecular complexity index is 573. The molecule has 1 aliphatic rings. The summed E-state index contributed by atoms with van der Waals surface area (Å²) in [7, 11) is 0. The minimum Gasteiger partial charge on any atom is -0.497 e. The van der Waals surface area contributed by atoms with Crippen LogP contribution in [-0.4, -0.2) is 22.6 Å². The number of benzene rings is 1. The van der Waals surface area contributed by atoms with E-state index in [9.17, 15) is 0 Å². The Labute approximate surface area is 106 Å². The van der Waals surface area contributed by atoms with E-state index < -0.39 is 0 Å². The lowest BCUT2D eigenvalue weighted by molar-refractivity contribution is 0.135. The molecule has 2 N–H and O–H groups in total. The molecule has 1 unspecified atom stereocenters. The Balaban J connectivity index is 1.68. The van der Waals surface area contributed by atoms with E-state index in [0.717, 1.165) is 41.9 Å². The van der Waals surface area contributed by atoms with E-state index in [0.29, 0.717) is 0 Å². The molecule has 1 aromatic heterocycles. The summed E-state index contributed by atoms with van der Waals surface area (Å²) in [6.07, 6.45) is 6.32. The lowest BCUT2D eigenvalue weighted by Crippen LogP contribution is -2.22. The molecule has 0 spiro atoms. The molecular formula is C14H17N3O. The Morgan fingerprint density at radius 1 is 1.50 bits per heavy atom. The predicted octanol–water partition coefficient (Wildman–Crippen LogP) is 2.98. The number of hydrogen-bond acceptors (Lipinski definition) is 3. The number of nitrogens with one attached hydrogen (secondary N) is 2. The first-order chi connectivity index (χ1) is 8.81. The molecule has 0 fully saturated rings. The molecule has 18 heavy (non-hydrogen) atoms. The monoisotopic (exact) mass is 243 g/mol. The molecule has 0 saturated heterocycles. The molecule has 2 aromatic rings. The van der Waals surface area contributed by atoms with Crippen molar-refractivity contribution in [3.05, 3.63) is 36.4 Å². The van der Waals surface area contributed by atoms with Crippen LogP contribution in [0.2, 0.25) is 0 Å². The average Bonchev–Trinajstić information content (AvgIpc) is 2.77. The highest BCUT2D eigenvalue weighted by Gasteiger charge is 2.10. The molecule has 0 amide bonds. The van der Waals surface area contributed by atoms with Gasteiger partial charge in [-0.3, -0.25) is 0 Å². The van der Waals surface area contributed by atoms with Gasteiger partial charge in [0.25, 0.3) is 0 Å². The second-order valence-corrected chi connectivity index (χ2v) is 4.64. The van der Waals surface area contributed by atoms with E-state index in [2.05, 4.69) is 33.5 Å². The number of imidazole rings is 1. The Morgan fingerprint density at radius 2 is 2.44 bits per heavy atom. The molecule has 0 radical (unpaired) electrons. The van der Waals surface area contributed by atoms with Crippen LogP contribution in [0.15, 0.2) is 30.5 Å². The van der Waals surface area contributed by atoms with Crippen LogP contribution < -0.4 is 5.32 Å². The molecule has 0 aliphatic carbocycles. The minimum absolute atomic E-state index is 0.272. The highest BCUT2D eigenvalue weighted by Crippen LogP contribution is 2.18. The molecule has 0 saturated carbocycles. The van der Waals surface area contributed by atoms with Crippen molar-refractivity contribution in [1.82, 2.24) is 9.97 Å². The van der Waals surface area contributed by atoms with Crippen molar-refractivity contribution >= 4 is 16.7 Å². The molecule has 2 heterocycles. The number of allylic oxidation sites excluding steroid dienone is 1. The number of aromatic nitrogens is 2. The number of anilines is 1. The number of aromatic amines is 1. The number of aryl methyl sites for hydroxylation is 1. The fourth-order valence-electron chi connectivity index (χ4n) is 2.21. The highest BCUT2D eigenvalue weighted by atomic mass is 16.5. The van der Waals surface area contributed by atoms with Crippen molar-refractivity contribution in [2.75, 3.05) is 11.9 Å². The second-order valence-electron chi connectivity index (χ2n) is 4.64. The minimum atomic E-state index is 0.272. The third-order valence-electron chi connectivity index (χ3n) is 3.16. The van der Waals surface area contributed by atoms with Crippen molar-refractivity contribution in [3.8, 4) is 0 Å². The molecular weight excluding hydrogens is 226 g/mol. The van der Waals surface area contributed by atoms with Gasteiger partial charge < -0.3 is 15.0 Å². The van der Waals surface area contributed by atoms with Gasteiger partial charge in [0.05, 0.1) is 23.8 Å². The van der Waals surface area contributed by atoms with E-state index in [4.69, 9.17) is 4.74 Å². The van der Waals surface area contributed by atoms with Crippen LogP contribution in [0.3, 0.4) is 0 Å². The first-order valence-corrected chi connectivity index (χ1v) is 6.32. The van der Waals surface area contributed by atoms with Gasteiger partial charge in [-0.15, -0.1) is 0 Å². The SMILES string of the molecule is Cc1nc2ccc(NCC3CCC=CO3)cc2[nH]1. The van der Waals surface area contributed by atoms with Crippen LogP contribution in [0.5, 0.6) is 0 Å². The van der Waals surface area contributed by atoms with Gasteiger partial charge >= 0.3 is 0 Å². The van der Waals surface area contributed by atoms with Gasteiger partial charge in [-0.1, -0.05) is 0 Å². The fourth-order valence-corrected chi connectivity index (χ4v) is 2.21. The van der Waals surface area contributed by atoms with Crippen molar-refractivity contribution in [2.45, 2.75) is 25.9 Å². The number of hydrogen-bond donors (Lipinski definition) is 2. The number of nitrogens with zero attached hydrogens (tertiary/aromatic N) is 1. The molecule has 0 bridgehead atoms. The quantitative estimate of drug-likeness (QED) is 0.871. The summed E-state index contributed by atoms with van der Waals surface area (Å²) in [4.78, 5) is 7.63. The van der Waals surface area contributed by atoms with Crippen LogP contribution >= 0.6 is 0 Å². The van der Waals surface area contributed by atoms with Crippen LogP contribution in [0.4, 0.5) is 5.69 Å². The number of ether oxygens (including phenoxy) is 1. The zero-order valence-corrected chi connectivity index (χ0v) is 10.4. The van der Waals surface area contributed by atoms with Gasteiger partial charge in [0.2, 0.25) is 0 Å². The summed E-state index contributed by atoms with van der Waals surface area (Å²) in [6.45, 7) is 2.80. The van der Waals surface area contributed by atoms with Crippen LogP contribution in [0, 0.1) is 6.92 Å². The van der Waals surface area contributed by atoms with E-state index in [1.54, 1.807) is 6.26 Å². The number of rotatable bonds is 3. The van der Waals surface area contributed by atoms with E-state index >= 15 is 0 Å². The molecule has 1 aliphatic heterocycles. The normalized spacial score (nSPS) is 18.8. The summed E-state index contributed by atoms with van der Waals surface area (Å²) >= 11 is 0. The fraction of sp³-hybridized carbons (Fsp3) is 0.357. The van der Waals surface area contributed by atoms with Gasteiger partial charge in [0, 0.05) is 5.69 Å². The lowest BCUT2D eigenvalue weighted by atomic mass is 10.1. The van der Waals surface area contributed by atoms with Crippen molar-refractivity contribution in [3.63, 3.8) is 0 Å². The van der Waals surface area contributed by atoms with Crippen LogP contribution in [0.1, 0.15) is 18.7 Å². The largest absolute Gasteiger partial charge is 0.497 e. The molecule has 3 rings (SSSR count). The average molecular weight is 243 g/mol. The van der Waals surface area contributed by atoms with Crippen molar-refractivity contribution in [2.24, 2.45) is 0 Å². The third-order valence-corrected chi connectivity index (χ3v) is 3.16. The number of H-pyrrole nitrogens is 1. The van der Waals surface area contributed by atoms with Crippen molar-refractivity contribution < 1.29 is 4.74 Å². The van der Waals surface area contributed by atoms with E-state index in [1.165, 1.54) is 0 Å². The maximum absolute atomic E-state index is 5.53. The van der Waals surface area contributed by atoms with E-state index in [1.807, 2.05) is 13.0 Å². The summed E-state index contributed by atoms with van der Waals surface area (Å²) in [5, 5.41) is 3.41. The molecule has 4 nitrogen and oxygen atoms in total. The summed E-state index contributed by atoms with van der Waals surface area (Å²) in [6, 6.07) is 6.18. The lowest BCUT2D eigenvalue weighted by Gasteiger charge is -2.20. The van der Waals surface area contributed by atoms with Gasteiger partial charge in [-0.2, -0.15) is 0 Å². The van der Waals surface area contributed by atoms with Crippen LogP contribution in [0.25, 0.3) is 11.0 Å². The van der Waals surface area contributed by atoms with Gasteiger partial charge in [0.15, 0.2) is 0 Å². The Kier molecular flexibility index (Phi) is 2.92. The third kappa shape index (κ3) is 2.32. The predicted molar refractivity (Wildman–Crippen MR) is 72.6 cm³/mol. The maximum Gasteiger partial charge on any atom is 0.115 e. The highest BCUT2D eigenvalue weighted by molar-refractivity contribution is 5.79. The van der Waals surface area contributed by atoms with Crippen molar-refractivity contribution in [1.29, 1.82) is 0 Å². The molecule has 4 heteroatoms. The molecule has 1 aromatic carbocycles. The maximum atomic E-state index is 5.53. The zero-order chi connectivity index (χ0) is 12.4. The summed E-state index contributed by atoms with van der Waals surface area (Å²) in [5.41, 5.74) is 3.18. The summed E-state index contributed by atoms with van der Waals surface area (Å²) in [5.74, 6) is 0.947. The van der Waals surface area contributed by atoms with Gasteiger partial charge in [-0.25, -0.2) is 4.98 Å². The van der Waals surface area contributed by atoms with E-state index in [-0.39, 0.29) is 6.10 Å². The number of fused-ring (bicyclic) bond motifs is 1. The first kappa shape index (κ1) is 11.1. The molecule has 94 valence electrons. The van der Waals surface area contributed by atoms with Crippen LogP contribution in [-0.2, 0) is 4.74 Å². The topological polar surface area (TPSA) is 49.9 Å².